The van der Waals surface area contributed by atoms with Crippen LogP contribution in [0.2, 0.25) is 0 Å². The lowest BCUT2D eigenvalue weighted by Crippen LogP contribution is -2.54. The van der Waals surface area contributed by atoms with Crippen LogP contribution in [0.1, 0.15) is 57.5 Å². The molecule has 3 amide bonds. The molecule has 0 bridgehead atoms. The Morgan fingerprint density at radius 3 is 1.88 bits per heavy atom. The Kier molecular flexibility index (Phi) is 6.58. The average Bonchev–Trinajstić information content (AvgIpc) is 3.62. The Morgan fingerprint density at radius 2 is 1.34 bits per heavy atom. The third-order valence-corrected chi connectivity index (χ3v) is 6.40. The fourth-order valence-corrected chi connectivity index (χ4v) is 4.16. The van der Waals surface area contributed by atoms with E-state index in [0.717, 1.165) is 24.0 Å². The number of amides is 3. The van der Waals surface area contributed by atoms with Crippen molar-refractivity contribution in [3.05, 3.63) is 70.8 Å². The van der Waals surface area contributed by atoms with Crippen LogP contribution in [0.5, 0.6) is 0 Å². The molecule has 4 rings (SSSR count). The van der Waals surface area contributed by atoms with E-state index in [-0.39, 0.29) is 29.7 Å². The Morgan fingerprint density at radius 1 is 0.812 bits per heavy atom. The van der Waals surface area contributed by atoms with Crippen LogP contribution in [-0.2, 0) is 4.79 Å². The molecule has 1 aliphatic heterocycles. The van der Waals surface area contributed by atoms with Gasteiger partial charge in [0.05, 0.1) is 0 Å². The summed E-state index contributed by atoms with van der Waals surface area (Å²) in [5, 5.41) is 6.03. The summed E-state index contributed by atoms with van der Waals surface area (Å²) in [6.45, 7) is 5.12. The predicted octanol–water partition coefficient (Wildman–Crippen LogP) is 3.23. The van der Waals surface area contributed by atoms with Crippen LogP contribution in [0.25, 0.3) is 0 Å². The molecule has 0 aromatic heterocycles. The second kappa shape index (κ2) is 9.55. The van der Waals surface area contributed by atoms with E-state index in [4.69, 9.17) is 0 Å². The van der Waals surface area contributed by atoms with Gasteiger partial charge in [0.15, 0.2) is 0 Å². The van der Waals surface area contributed by atoms with E-state index in [0.29, 0.717) is 37.1 Å². The highest BCUT2D eigenvalue weighted by molar-refractivity contribution is 5.98. The maximum absolute atomic E-state index is 13.0. The number of carbonyl (C=O) groups excluding carboxylic acids is 3. The molecule has 6 heteroatoms. The first kappa shape index (κ1) is 22.1. The molecule has 1 heterocycles. The van der Waals surface area contributed by atoms with E-state index < -0.39 is 6.04 Å². The summed E-state index contributed by atoms with van der Waals surface area (Å²) in [5.74, 6) is -0.341. The van der Waals surface area contributed by atoms with Crippen molar-refractivity contribution in [1.82, 2.24) is 15.5 Å². The summed E-state index contributed by atoms with van der Waals surface area (Å²) in [5.41, 5.74) is 3.43. The van der Waals surface area contributed by atoms with Crippen molar-refractivity contribution in [1.29, 1.82) is 0 Å². The number of nitrogens with one attached hydrogen (secondary N) is 2. The molecule has 1 unspecified atom stereocenters. The minimum Gasteiger partial charge on any atom is -0.352 e. The van der Waals surface area contributed by atoms with Gasteiger partial charge in [-0.05, 0) is 69.7 Å². The predicted molar refractivity (Wildman–Crippen MR) is 123 cm³/mol. The highest BCUT2D eigenvalue weighted by atomic mass is 16.2. The molecule has 2 aromatic carbocycles. The summed E-state index contributed by atoms with van der Waals surface area (Å²) >= 11 is 0. The molecule has 6 nitrogen and oxygen atoms in total. The van der Waals surface area contributed by atoms with Gasteiger partial charge in [0, 0.05) is 30.3 Å². The number of nitrogens with zero attached hydrogens (tertiary/aromatic N) is 1. The highest BCUT2D eigenvalue weighted by Gasteiger charge is 2.36. The molecule has 168 valence electrons. The molecule has 0 radical (unpaired) electrons. The molecular formula is C26H31N3O3. The first-order chi connectivity index (χ1) is 15.4. The summed E-state index contributed by atoms with van der Waals surface area (Å²) in [7, 11) is 0. The minimum absolute atomic E-state index is 0.00906. The van der Waals surface area contributed by atoms with Crippen LogP contribution in [0.4, 0.5) is 0 Å². The van der Waals surface area contributed by atoms with E-state index in [1.54, 1.807) is 12.1 Å². The number of rotatable bonds is 6. The van der Waals surface area contributed by atoms with Crippen molar-refractivity contribution in [2.75, 3.05) is 13.1 Å². The summed E-state index contributed by atoms with van der Waals surface area (Å²) in [6.07, 6.45) is 3.34. The normalized spacial score (nSPS) is 17.5. The highest BCUT2D eigenvalue weighted by Crippen LogP contribution is 2.25. The van der Waals surface area contributed by atoms with E-state index in [9.17, 15) is 14.4 Å². The first-order valence-electron chi connectivity index (χ1n) is 11.4. The van der Waals surface area contributed by atoms with E-state index in [1.807, 2.05) is 55.1 Å². The topological polar surface area (TPSA) is 78.5 Å². The maximum atomic E-state index is 13.0. The van der Waals surface area contributed by atoms with Crippen LogP contribution in [-0.4, -0.2) is 47.8 Å². The Bertz CT molecular complexity index is 972. The van der Waals surface area contributed by atoms with Crippen molar-refractivity contribution < 1.29 is 14.4 Å². The number of piperidine rings is 1. The molecule has 1 atom stereocenters. The average molecular weight is 434 g/mol. The van der Waals surface area contributed by atoms with Crippen LogP contribution in [0.15, 0.2) is 48.5 Å². The van der Waals surface area contributed by atoms with Crippen molar-refractivity contribution in [2.24, 2.45) is 5.92 Å². The Labute approximate surface area is 189 Å². The van der Waals surface area contributed by atoms with Gasteiger partial charge in [0.1, 0.15) is 6.04 Å². The molecule has 1 aliphatic carbocycles. The van der Waals surface area contributed by atoms with Crippen LogP contribution in [0.3, 0.4) is 0 Å². The zero-order valence-electron chi connectivity index (χ0n) is 18.8. The van der Waals surface area contributed by atoms with Crippen molar-refractivity contribution >= 4 is 17.7 Å². The number of hydrogen-bond donors (Lipinski definition) is 2. The monoisotopic (exact) mass is 433 g/mol. The summed E-state index contributed by atoms with van der Waals surface area (Å²) in [4.78, 5) is 40.5. The Hall–Kier alpha value is -3.15. The summed E-state index contributed by atoms with van der Waals surface area (Å²) in [6, 6.07) is 14.6. The molecule has 2 aromatic rings. The van der Waals surface area contributed by atoms with E-state index in [2.05, 4.69) is 10.6 Å². The zero-order valence-corrected chi connectivity index (χ0v) is 18.8. The van der Waals surface area contributed by atoms with Gasteiger partial charge in [0.25, 0.3) is 11.8 Å². The molecule has 0 spiro atoms. The lowest BCUT2D eigenvalue weighted by molar-refractivity contribution is -0.124. The molecular weight excluding hydrogens is 402 g/mol. The molecule has 32 heavy (non-hydrogen) atoms. The fraction of sp³-hybridized carbons (Fsp3) is 0.423. The molecule has 1 saturated heterocycles. The van der Waals surface area contributed by atoms with Gasteiger partial charge in [-0.1, -0.05) is 35.4 Å². The number of hydrogen-bond acceptors (Lipinski definition) is 3. The van der Waals surface area contributed by atoms with Crippen molar-refractivity contribution in [3.8, 4) is 0 Å². The van der Waals surface area contributed by atoms with Gasteiger partial charge in [-0.25, -0.2) is 0 Å². The fourth-order valence-electron chi connectivity index (χ4n) is 4.16. The minimum atomic E-state index is -0.596. The molecule has 2 fully saturated rings. The number of aryl methyl sites for hydroxylation is 2. The second-order valence-corrected chi connectivity index (χ2v) is 9.10. The number of likely N-dealkylation sites (tertiary alicyclic amines) is 1. The zero-order chi connectivity index (χ0) is 22.7. The van der Waals surface area contributed by atoms with Crippen LogP contribution in [0, 0.1) is 19.8 Å². The summed E-state index contributed by atoms with van der Waals surface area (Å²) < 4.78 is 0. The molecule has 2 N–H and O–H groups in total. The van der Waals surface area contributed by atoms with Gasteiger partial charge >= 0.3 is 0 Å². The molecule has 2 aliphatic rings. The lowest BCUT2D eigenvalue weighted by atomic mass is 9.88. The SMILES string of the molecule is Cc1ccc(C(=O)NC(C(=O)NC2CC2)C2CCN(C(=O)c3ccc(C)cc3)CC2)cc1. The standard InChI is InChI=1S/C26H31N3O3/c1-17-3-7-20(8-4-17)24(30)28-23(25(31)27-22-11-12-22)19-13-15-29(16-14-19)26(32)21-9-5-18(2)6-10-21/h3-10,19,22-23H,11-16H2,1-2H3,(H,27,31)(H,28,30). The second-order valence-electron chi connectivity index (χ2n) is 9.10. The third kappa shape index (κ3) is 5.36. The third-order valence-electron chi connectivity index (χ3n) is 6.40. The van der Waals surface area contributed by atoms with Crippen LogP contribution >= 0.6 is 0 Å². The first-order valence-corrected chi connectivity index (χ1v) is 11.4. The smallest absolute Gasteiger partial charge is 0.253 e. The van der Waals surface area contributed by atoms with Crippen molar-refractivity contribution in [3.63, 3.8) is 0 Å². The van der Waals surface area contributed by atoms with Gasteiger partial charge in [0.2, 0.25) is 5.91 Å². The Balaban J connectivity index is 1.41. The van der Waals surface area contributed by atoms with Gasteiger partial charge in [-0.2, -0.15) is 0 Å². The van der Waals surface area contributed by atoms with Crippen molar-refractivity contribution in [2.45, 2.75) is 51.6 Å². The van der Waals surface area contributed by atoms with E-state index >= 15 is 0 Å². The van der Waals surface area contributed by atoms with Crippen LogP contribution < -0.4 is 10.6 Å². The number of benzene rings is 2. The van der Waals surface area contributed by atoms with Gasteiger partial charge in [-0.15, -0.1) is 0 Å². The largest absolute Gasteiger partial charge is 0.352 e. The van der Waals surface area contributed by atoms with Gasteiger partial charge < -0.3 is 15.5 Å². The van der Waals surface area contributed by atoms with E-state index in [1.165, 1.54) is 0 Å². The number of carbonyl (C=O) groups is 3. The quantitative estimate of drug-likeness (QED) is 0.734. The molecule has 1 saturated carbocycles. The lowest BCUT2D eigenvalue weighted by Gasteiger charge is -2.36. The van der Waals surface area contributed by atoms with Gasteiger partial charge in [-0.3, -0.25) is 14.4 Å². The maximum Gasteiger partial charge on any atom is 0.253 e.